The fraction of sp³-hybridized carbons (Fsp3) is 0.273. The zero-order valence-electron chi connectivity index (χ0n) is 16.6. The van der Waals surface area contributed by atoms with E-state index in [-0.39, 0.29) is 6.23 Å². The smallest absolute Gasteiger partial charge is 0.163 e. The first-order valence-corrected chi connectivity index (χ1v) is 10.3. The molecule has 5 nitrogen and oxygen atoms in total. The zero-order chi connectivity index (χ0) is 20.0. The summed E-state index contributed by atoms with van der Waals surface area (Å²) in [5, 5.41) is 1.09. The van der Waals surface area contributed by atoms with Crippen molar-refractivity contribution in [2.45, 2.75) is 32.4 Å². The van der Waals surface area contributed by atoms with E-state index >= 15 is 0 Å². The molecule has 1 atom stereocenters. The summed E-state index contributed by atoms with van der Waals surface area (Å²) in [5.74, 6) is 0.671. The number of aryl methyl sites for hydroxylation is 1. The Kier molecular flexibility index (Phi) is 4.24. The van der Waals surface area contributed by atoms with Crippen molar-refractivity contribution in [1.82, 2.24) is 19.1 Å². The molecule has 4 heterocycles. The van der Waals surface area contributed by atoms with E-state index < -0.39 is 0 Å². The lowest BCUT2D eigenvalue weighted by Crippen LogP contribution is -2.17. The topological polar surface area (TPSA) is 44.9 Å². The highest BCUT2D eigenvalue weighted by Crippen LogP contribution is 2.34. The van der Waals surface area contributed by atoms with Crippen molar-refractivity contribution in [2.75, 3.05) is 6.61 Å². The molecule has 1 unspecified atom stereocenters. The Morgan fingerprint density at radius 1 is 1.25 bits per heavy atom. The molecule has 0 aliphatic carbocycles. The molecule has 142 valence electrons. The Morgan fingerprint density at radius 3 is 3.00 bits per heavy atom. The van der Waals surface area contributed by atoms with Gasteiger partial charge in [-0.2, -0.15) is 0 Å². The molecule has 0 N–H and O–H groups in total. The van der Waals surface area contributed by atoms with E-state index in [0.717, 1.165) is 51.9 Å². The number of pyridine rings is 1. The molecule has 1 aliphatic rings. The summed E-state index contributed by atoms with van der Waals surface area (Å²) in [4.78, 5) is 9.05. The largest absolute Gasteiger partial charge is 0.358 e. The van der Waals surface area contributed by atoms with Gasteiger partial charge in [-0.3, -0.25) is 4.57 Å². The second kappa shape index (κ2) is 7.18. The van der Waals surface area contributed by atoms with Crippen LogP contribution in [0.1, 0.15) is 32.6 Å². The predicted octanol–water partition coefficient (Wildman–Crippen LogP) is 5.66. The number of fused-ring (bicyclic) bond motifs is 1. The number of nitrogens with zero attached hydrogens (tertiary/aromatic N) is 4. The molecule has 1 aromatic carbocycles. The van der Waals surface area contributed by atoms with Crippen LogP contribution in [0.4, 0.5) is 0 Å². The Labute approximate surface area is 173 Å². The highest BCUT2D eigenvalue weighted by Gasteiger charge is 2.19. The van der Waals surface area contributed by atoms with E-state index in [0.29, 0.717) is 12.0 Å². The van der Waals surface area contributed by atoms with E-state index in [2.05, 4.69) is 48.8 Å². The van der Waals surface area contributed by atoms with Crippen LogP contribution in [-0.2, 0) is 4.74 Å². The van der Waals surface area contributed by atoms with Gasteiger partial charge >= 0.3 is 0 Å². The lowest BCUT2D eigenvalue weighted by Gasteiger charge is -2.24. The predicted molar refractivity (Wildman–Crippen MR) is 114 cm³/mol. The quantitative estimate of drug-likeness (QED) is 0.415. The molecule has 6 heteroatoms. The number of ether oxygens (including phenoxy) is 1. The molecule has 1 aliphatic heterocycles. The van der Waals surface area contributed by atoms with Gasteiger partial charge in [-0.1, -0.05) is 6.07 Å². The van der Waals surface area contributed by atoms with E-state index in [4.69, 9.17) is 6.11 Å². The van der Waals surface area contributed by atoms with Gasteiger partial charge < -0.3 is 9.30 Å². The van der Waals surface area contributed by atoms with Crippen molar-refractivity contribution in [3.8, 4) is 17.2 Å². The number of aromatic nitrogens is 4. The summed E-state index contributed by atoms with van der Waals surface area (Å²) in [6.07, 6.45) is 7.42. The van der Waals surface area contributed by atoms with Crippen molar-refractivity contribution in [3.63, 3.8) is 0 Å². The number of hydrogen-bond acceptors (Lipinski definition) is 3. The van der Waals surface area contributed by atoms with Gasteiger partial charge in [0.2, 0.25) is 0 Å². The maximum Gasteiger partial charge on any atom is 0.163 e. The molecule has 1 saturated heterocycles. The van der Waals surface area contributed by atoms with Crippen LogP contribution in [-0.4, -0.2) is 25.7 Å². The Balaban J connectivity index is 1.62. The summed E-state index contributed by atoms with van der Waals surface area (Å²) in [6.45, 7) is 2.77. The minimum atomic E-state index is 0.0791. The fourth-order valence-corrected chi connectivity index (χ4v) is 4.37. The van der Waals surface area contributed by atoms with Crippen LogP contribution in [0.3, 0.4) is 0 Å². The lowest BCUT2D eigenvalue weighted by molar-refractivity contribution is -0.0292. The van der Waals surface area contributed by atoms with Gasteiger partial charge in [0.25, 0.3) is 0 Å². The van der Waals surface area contributed by atoms with Crippen LogP contribution in [0.2, 0.25) is 0 Å². The first-order chi connectivity index (χ1) is 14.1. The van der Waals surface area contributed by atoms with Gasteiger partial charge in [-0.15, -0.1) is 0 Å². The molecule has 0 radical (unpaired) electrons. The fourth-order valence-electron chi connectivity index (χ4n) is 3.83. The maximum absolute atomic E-state index is 8.40. The van der Waals surface area contributed by atoms with Gasteiger partial charge in [0.1, 0.15) is 11.9 Å². The van der Waals surface area contributed by atoms with Crippen LogP contribution in [0.25, 0.3) is 28.1 Å². The van der Waals surface area contributed by atoms with Crippen molar-refractivity contribution in [1.29, 1.82) is 0 Å². The third-order valence-corrected chi connectivity index (χ3v) is 5.83. The normalized spacial score (nSPS) is 17.8. The summed E-state index contributed by atoms with van der Waals surface area (Å²) in [6, 6.07) is 12.1. The average Bonchev–Trinajstić information content (AvgIpc) is 3.28. The van der Waals surface area contributed by atoms with Gasteiger partial charge in [0, 0.05) is 46.4 Å². The Bertz CT molecular complexity index is 1190. The average molecular weight is 438 g/mol. The standard InChI is InChI=1S/C22H21BrN4O/c1-15-5-4-6-19(25-15)22-24-10-11-26(22)16-8-9-20-17(13-16)18(23)14-27(20)21-7-2-3-12-28-21/h4-6,8-11,13-14,21H,2-3,7,12H2,1H3/i11D. The summed E-state index contributed by atoms with van der Waals surface area (Å²) >= 11 is 3.71. The number of rotatable bonds is 3. The first-order valence-electron chi connectivity index (χ1n) is 10.0. The van der Waals surface area contributed by atoms with Gasteiger partial charge in [0.05, 0.1) is 6.89 Å². The summed E-state index contributed by atoms with van der Waals surface area (Å²) < 4.78 is 19.4. The molecule has 0 spiro atoms. The summed E-state index contributed by atoms with van der Waals surface area (Å²) in [7, 11) is 0. The molecule has 0 bridgehead atoms. The monoisotopic (exact) mass is 437 g/mol. The van der Waals surface area contributed by atoms with Gasteiger partial charge in [-0.25, -0.2) is 9.97 Å². The number of hydrogen-bond donors (Lipinski definition) is 0. The van der Waals surface area contributed by atoms with Crippen LogP contribution >= 0.6 is 15.9 Å². The van der Waals surface area contributed by atoms with Crippen molar-refractivity contribution in [3.05, 3.63) is 65.1 Å². The molecule has 4 aromatic rings. The lowest BCUT2D eigenvalue weighted by atomic mass is 10.2. The SMILES string of the molecule is [2H]c1cnc(-c2cccc(C)n2)n1-c1ccc2c(c1)c(Br)cn2C1CCCCO1. The van der Waals surface area contributed by atoms with E-state index in [1.54, 1.807) is 6.20 Å². The number of benzene rings is 1. The molecule has 28 heavy (non-hydrogen) atoms. The maximum atomic E-state index is 8.40. The highest BCUT2D eigenvalue weighted by molar-refractivity contribution is 9.10. The molecular formula is C22H21BrN4O. The molecule has 1 fully saturated rings. The zero-order valence-corrected chi connectivity index (χ0v) is 17.2. The minimum Gasteiger partial charge on any atom is -0.358 e. The molecular weight excluding hydrogens is 416 g/mol. The number of halogens is 1. The van der Waals surface area contributed by atoms with Crippen LogP contribution in [0.5, 0.6) is 0 Å². The van der Waals surface area contributed by atoms with Crippen LogP contribution in [0, 0.1) is 6.92 Å². The number of imidazole rings is 1. The summed E-state index contributed by atoms with van der Waals surface area (Å²) in [5.41, 5.74) is 3.69. The second-order valence-corrected chi connectivity index (χ2v) is 7.97. The third-order valence-electron chi connectivity index (χ3n) is 5.20. The Morgan fingerprint density at radius 2 is 2.18 bits per heavy atom. The third kappa shape index (κ3) is 3.06. The highest BCUT2D eigenvalue weighted by atomic mass is 79.9. The van der Waals surface area contributed by atoms with Crippen LogP contribution in [0.15, 0.2) is 59.4 Å². The molecule has 5 rings (SSSR count). The molecule has 0 saturated carbocycles. The first kappa shape index (κ1) is 16.5. The van der Waals surface area contributed by atoms with E-state index in [1.165, 1.54) is 6.42 Å². The van der Waals surface area contributed by atoms with Crippen molar-refractivity contribution in [2.24, 2.45) is 0 Å². The van der Waals surface area contributed by atoms with Gasteiger partial charge in [0.15, 0.2) is 5.82 Å². The van der Waals surface area contributed by atoms with E-state index in [1.807, 2.05) is 35.8 Å². The minimum absolute atomic E-state index is 0.0791. The van der Waals surface area contributed by atoms with Gasteiger partial charge in [-0.05, 0) is 72.4 Å². The van der Waals surface area contributed by atoms with E-state index in [9.17, 15) is 0 Å². The second-order valence-electron chi connectivity index (χ2n) is 7.12. The van der Waals surface area contributed by atoms with Crippen molar-refractivity contribution >= 4 is 26.8 Å². The molecule has 0 amide bonds. The Hall–Kier alpha value is -2.44. The molecule has 3 aromatic heterocycles. The van der Waals surface area contributed by atoms with Crippen LogP contribution < -0.4 is 0 Å². The van der Waals surface area contributed by atoms with Crippen molar-refractivity contribution < 1.29 is 6.11 Å².